The van der Waals surface area contributed by atoms with Crippen molar-refractivity contribution in [3.05, 3.63) is 58.1 Å². The zero-order valence-corrected chi connectivity index (χ0v) is 15.2. The number of carbonyl (C=O) groups excluding carboxylic acids is 1. The van der Waals surface area contributed by atoms with Gasteiger partial charge in [0.05, 0.1) is 31.0 Å². The molecule has 0 saturated heterocycles. The van der Waals surface area contributed by atoms with Crippen molar-refractivity contribution in [2.75, 3.05) is 19.2 Å². The minimum Gasteiger partial charge on any atom is -0.497 e. The Hall–Kier alpha value is -2.24. The van der Waals surface area contributed by atoms with Gasteiger partial charge < -0.3 is 9.47 Å². The van der Waals surface area contributed by atoms with Crippen LogP contribution in [0.3, 0.4) is 0 Å². The van der Waals surface area contributed by atoms with Crippen molar-refractivity contribution >= 4 is 40.6 Å². The molecule has 2 aromatic rings. The summed E-state index contributed by atoms with van der Waals surface area (Å²) in [5, 5.41) is 7.16. The third-order valence-corrected chi connectivity index (χ3v) is 4.53. The van der Waals surface area contributed by atoms with Gasteiger partial charge in [-0.2, -0.15) is 5.10 Å². The molecule has 3 rings (SSSR count). The number of carbonyl (C=O) groups is 1. The number of benzene rings is 2. The fourth-order valence-electron chi connectivity index (χ4n) is 2.73. The standard InChI is InChI=1S/C18H16Cl2N2O3/c1-24-13-6-3-11(4-7-13)17-10-15(18(23)25-2)21-22(17)16-8-5-12(19)9-14(16)20/h3-9,17H,10H2,1-2H3. The van der Waals surface area contributed by atoms with E-state index < -0.39 is 5.97 Å². The number of hydrazone groups is 1. The third kappa shape index (κ3) is 3.57. The van der Waals surface area contributed by atoms with Crippen LogP contribution in [-0.4, -0.2) is 25.9 Å². The lowest BCUT2D eigenvalue weighted by atomic mass is 10.0. The molecule has 1 unspecified atom stereocenters. The van der Waals surface area contributed by atoms with Gasteiger partial charge in [-0.15, -0.1) is 0 Å². The van der Waals surface area contributed by atoms with Crippen LogP contribution in [0.1, 0.15) is 18.0 Å². The summed E-state index contributed by atoms with van der Waals surface area (Å²) in [6.45, 7) is 0. The van der Waals surface area contributed by atoms with Gasteiger partial charge in [-0.1, -0.05) is 35.3 Å². The van der Waals surface area contributed by atoms with E-state index in [2.05, 4.69) is 5.10 Å². The van der Waals surface area contributed by atoms with E-state index in [0.717, 1.165) is 11.3 Å². The first-order valence-corrected chi connectivity index (χ1v) is 8.33. The van der Waals surface area contributed by atoms with Crippen molar-refractivity contribution in [1.82, 2.24) is 0 Å². The number of ether oxygens (including phenoxy) is 2. The number of hydrogen-bond acceptors (Lipinski definition) is 5. The van der Waals surface area contributed by atoms with E-state index in [4.69, 9.17) is 32.7 Å². The van der Waals surface area contributed by atoms with Crippen molar-refractivity contribution in [3.63, 3.8) is 0 Å². The first-order valence-electron chi connectivity index (χ1n) is 7.57. The highest BCUT2D eigenvalue weighted by molar-refractivity contribution is 6.38. The molecule has 2 aromatic carbocycles. The Bertz CT molecular complexity index is 822. The van der Waals surface area contributed by atoms with Crippen molar-refractivity contribution in [2.45, 2.75) is 12.5 Å². The molecule has 1 heterocycles. The normalized spacial score (nSPS) is 16.6. The fraction of sp³-hybridized carbons (Fsp3) is 0.222. The average Bonchev–Trinajstić information content (AvgIpc) is 3.06. The molecular formula is C18H16Cl2N2O3. The van der Waals surface area contributed by atoms with Crippen LogP contribution in [-0.2, 0) is 9.53 Å². The summed E-state index contributed by atoms with van der Waals surface area (Å²) in [6.07, 6.45) is 0.415. The van der Waals surface area contributed by atoms with Crippen LogP contribution in [0.4, 0.5) is 5.69 Å². The molecule has 0 aromatic heterocycles. The summed E-state index contributed by atoms with van der Waals surface area (Å²) in [4.78, 5) is 12.0. The minimum atomic E-state index is -0.453. The summed E-state index contributed by atoms with van der Waals surface area (Å²) in [5.74, 6) is 0.304. The Balaban J connectivity index is 2.01. The molecule has 0 fully saturated rings. The number of esters is 1. The molecule has 0 spiro atoms. The van der Waals surface area contributed by atoms with E-state index in [1.54, 1.807) is 30.3 Å². The molecule has 1 atom stereocenters. The first-order chi connectivity index (χ1) is 12.0. The Morgan fingerprint density at radius 2 is 1.88 bits per heavy atom. The van der Waals surface area contributed by atoms with Crippen LogP contribution < -0.4 is 9.75 Å². The predicted octanol–water partition coefficient (Wildman–Crippen LogP) is 4.48. The van der Waals surface area contributed by atoms with E-state index in [-0.39, 0.29) is 6.04 Å². The average molecular weight is 379 g/mol. The van der Waals surface area contributed by atoms with Crippen molar-refractivity contribution < 1.29 is 14.3 Å². The van der Waals surface area contributed by atoms with Crippen molar-refractivity contribution in [3.8, 4) is 5.75 Å². The summed E-state index contributed by atoms with van der Waals surface area (Å²) in [7, 11) is 2.95. The van der Waals surface area contributed by atoms with E-state index in [1.807, 2.05) is 24.3 Å². The van der Waals surface area contributed by atoms with Crippen LogP contribution in [0.15, 0.2) is 47.6 Å². The molecule has 0 saturated carbocycles. The van der Waals surface area contributed by atoms with Crippen LogP contribution in [0.2, 0.25) is 10.0 Å². The highest BCUT2D eigenvalue weighted by Gasteiger charge is 2.33. The van der Waals surface area contributed by atoms with E-state index >= 15 is 0 Å². The SMILES string of the molecule is COC(=O)C1=NN(c2ccc(Cl)cc2Cl)C(c2ccc(OC)cc2)C1. The highest BCUT2D eigenvalue weighted by Crippen LogP contribution is 2.40. The minimum absolute atomic E-state index is 0.182. The van der Waals surface area contributed by atoms with E-state index in [0.29, 0.717) is 27.9 Å². The number of anilines is 1. The molecule has 1 aliphatic heterocycles. The molecule has 0 radical (unpaired) electrons. The second kappa shape index (κ2) is 7.33. The maximum Gasteiger partial charge on any atom is 0.354 e. The molecule has 0 N–H and O–H groups in total. The maximum absolute atomic E-state index is 12.0. The van der Waals surface area contributed by atoms with Crippen molar-refractivity contribution in [2.24, 2.45) is 5.10 Å². The Morgan fingerprint density at radius 3 is 2.48 bits per heavy atom. The Kier molecular flexibility index (Phi) is 5.16. The van der Waals surface area contributed by atoms with Gasteiger partial charge >= 0.3 is 5.97 Å². The molecule has 7 heteroatoms. The zero-order valence-electron chi connectivity index (χ0n) is 13.7. The topological polar surface area (TPSA) is 51.1 Å². The number of rotatable bonds is 4. The van der Waals surface area contributed by atoms with Gasteiger partial charge in [-0.3, -0.25) is 5.01 Å². The van der Waals surface area contributed by atoms with Crippen LogP contribution in [0.25, 0.3) is 0 Å². The van der Waals surface area contributed by atoms with Gasteiger partial charge in [0, 0.05) is 11.4 Å². The Morgan fingerprint density at radius 1 is 1.16 bits per heavy atom. The van der Waals surface area contributed by atoms with Crippen LogP contribution in [0.5, 0.6) is 5.75 Å². The smallest absolute Gasteiger partial charge is 0.354 e. The molecule has 25 heavy (non-hydrogen) atoms. The van der Waals surface area contributed by atoms with Gasteiger partial charge in [0.25, 0.3) is 0 Å². The highest BCUT2D eigenvalue weighted by atomic mass is 35.5. The third-order valence-electron chi connectivity index (χ3n) is 3.99. The van der Waals surface area contributed by atoms with Gasteiger partial charge in [-0.05, 0) is 35.9 Å². The monoisotopic (exact) mass is 378 g/mol. The lowest BCUT2D eigenvalue weighted by Crippen LogP contribution is -2.19. The molecule has 0 amide bonds. The zero-order chi connectivity index (χ0) is 18.0. The summed E-state index contributed by atoms with van der Waals surface area (Å²) >= 11 is 12.3. The number of hydrogen-bond donors (Lipinski definition) is 0. The second-order valence-corrected chi connectivity index (χ2v) is 6.32. The number of halogens is 2. The summed E-state index contributed by atoms with van der Waals surface area (Å²) < 4.78 is 10.0. The second-order valence-electron chi connectivity index (χ2n) is 5.47. The molecule has 0 aliphatic carbocycles. The fourth-order valence-corrected chi connectivity index (χ4v) is 3.22. The molecule has 5 nitrogen and oxygen atoms in total. The lowest BCUT2D eigenvalue weighted by Gasteiger charge is -2.25. The van der Waals surface area contributed by atoms with Gasteiger partial charge in [0.2, 0.25) is 0 Å². The summed E-state index contributed by atoms with van der Waals surface area (Å²) in [6, 6.07) is 12.6. The van der Waals surface area contributed by atoms with E-state index in [1.165, 1.54) is 7.11 Å². The van der Waals surface area contributed by atoms with Crippen LogP contribution >= 0.6 is 23.2 Å². The number of methoxy groups -OCH3 is 2. The van der Waals surface area contributed by atoms with Crippen LogP contribution in [0, 0.1) is 0 Å². The van der Waals surface area contributed by atoms with Crippen molar-refractivity contribution in [1.29, 1.82) is 0 Å². The summed E-state index contributed by atoms with van der Waals surface area (Å²) in [5.41, 5.74) is 1.99. The molecule has 130 valence electrons. The molecule has 0 bridgehead atoms. The molecule has 1 aliphatic rings. The first kappa shape index (κ1) is 17.6. The number of nitrogens with zero attached hydrogens (tertiary/aromatic N) is 2. The Labute approximate surface area is 155 Å². The van der Waals surface area contributed by atoms with Gasteiger partial charge in [-0.25, -0.2) is 4.79 Å². The largest absolute Gasteiger partial charge is 0.497 e. The van der Waals surface area contributed by atoms with Gasteiger partial charge in [0.1, 0.15) is 11.5 Å². The van der Waals surface area contributed by atoms with E-state index in [9.17, 15) is 4.79 Å². The maximum atomic E-state index is 12.0. The lowest BCUT2D eigenvalue weighted by molar-refractivity contribution is -0.132. The predicted molar refractivity (Wildman–Crippen MR) is 98.7 cm³/mol. The molecular weight excluding hydrogens is 363 g/mol. The quantitative estimate of drug-likeness (QED) is 0.735. The van der Waals surface area contributed by atoms with Gasteiger partial charge in [0.15, 0.2) is 0 Å².